The summed E-state index contributed by atoms with van der Waals surface area (Å²) in [7, 11) is 0. The molecule has 0 radical (unpaired) electrons. The second-order valence-electron chi connectivity index (χ2n) is 4.17. The fourth-order valence-electron chi connectivity index (χ4n) is 1.26. The van der Waals surface area contributed by atoms with Crippen LogP contribution in [0.4, 0.5) is 0 Å². The molecule has 0 aliphatic heterocycles. The van der Waals surface area contributed by atoms with Crippen LogP contribution in [0.25, 0.3) is 0 Å². The van der Waals surface area contributed by atoms with Gasteiger partial charge in [0.05, 0.1) is 12.1 Å². The van der Waals surface area contributed by atoms with Crippen LogP contribution in [0, 0.1) is 0 Å². The standard InChI is InChI=1S/C11H23N3O2/c1-6-12-10(15)8(4)14-9(5)11(16)13-7(2)3/h7-9,14H,6H2,1-5H3,(H,12,15)(H,13,16). The lowest BCUT2D eigenvalue weighted by molar-refractivity contribution is -0.125. The summed E-state index contributed by atoms with van der Waals surface area (Å²) < 4.78 is 0. The van der Waals surface area contributed by atoms with Crippen molar-refractivity contribution in [2.24, 2.45) is 0 Å². The summed E-state index contributed by atoms with van der Waals surface area (Å²) in [6, 6.07) is -0.635. The van der Waals surface area contributed by atoms with Crippen LogP contribution in [0.15, 0.2) is 0 Å². The molecule has 5 nitrogen and oxygen atoms in total. The van der Waals surface area contributed by atoms with Crippen LogP contribution in [-0.2, 0) is 9.59 Å². The first-order valence-corrected chi connectivity index (χ1v) is 5.72. The minimum atomic E-state index is -0.375. The lowest BCUT2D eigenvalue weighted by Crippen LogP contribution is -2.52. The molecule has 0 heterocycles. The van der Waals surface area contributed by atoms with Crippen molar-refractivity contribution in [2.75, 3.05) is 6.54 Å². The monoisotopic (exact) mass is 229 g/mol. The van der Waals surface area contributed by atoms with Gasteiger partial charge in [0.15, 0.2) is 0 Å². The molecular formula is C11H23N3O2. The van der Waals surface area contributed by atoms with Gasteiger partial charge < -0.3 is 10.6 Å². The fourth-order valence-corrected chi connectivity index (χ4v) is 1.26. The average Bonchev–Trinajstić information content (AvgIpc) is 2.16. The predicted molar refractivity (Wildman–Crippen MR) is 64.0 cm³/mol. The van der Waals surface area contributed by atoms with E-state index >= 15 is 0 Å². The first-order chi connectivity index (χ1) is 7.38. The van der Waals surface area contributed by atoms with Crippen molar-refractivity contribution < 1.29 is 9.59 Å². The Balaban J connectivity index is 4.07. The van der Waals surface area contributed by atoms with Gasteiger partial charge in [-0.05, 0) is 34.6 Å². The Bertz CT molecular complexity index is 241. The second kappa shape index (κ2) is 7.22. The fraction of sp³-hybridized carbons (Fsp3) is 0.818. The molecular weight excluding hydrogens is 206 g/mol. The molecule has 0 aromatic heterocycles. The van der Waals surface area contributed by atoms with E-state index in [4.69, 9.17) is 0 Å². The summed E-state index contributed by atoms with van der Waals surface area (Å²) in [6.07, 6.45) is 0. The molecule has 0 saturated carbocycles. The highest BCUT2D eigenvalue weighted by atomic mass is 16.2. The number of rotatable bonds is 6. The van der Waals surface area contributed by atoms with E-state index in [1.165, 1.54) is 0 Å². The summed E-state index contributed by atoms with van der Waals surface area (Å²) in [5, 5.41) is 8.43. The Morgan fingerprint density at radius 1 is 1.00 bits per heavy atom. The summed E-state index contributed by atoms with van der Waals surface area (Å²) in [4.78, 5) is 23.0. The van der Waals surface area contributed by atoms with E-state index in [0.29, 0.717) is 6.54 Å². The lowest BCUT2D eigenvalue weighted by atomic mass is 10.2. The zero-order chi connectivity index (χ0) is 12.7. The van der Waals surface area contributed by atoms with E-state index in [9.17, 15) is 9.59 Å². The van der Waals surface area contributed by atoms with E-state index in [1.54, 1.807) is 13.8 Å². The van der Waals surface area contributed by atoms with E-state index in [1.807, 2.05) is 20.8 Å². The molecule has 3 N–H and O–H groups in total. The molecule has 94 valence electrons. The number of carbonyl (C=O) groups excluding carboxylic acids is 2. The van der Waals surface area contributed by atoms with E-state index < -0.39 is 0 Å². The maximum atomic E-state index is 11.6. The molecule has 16 heavy (non-hydrogen) atoms. The maximum Gasteiger partial charge on any atom is 0.237 e. The van der Waals surface area contributed by atoms with Crippen molar-refractivity contribution in [3.05, 3.63) is 0 Å². The molecule has 0 aliphatic carbocycles. The normalized spacial score (nSPS) is 14.4. The number of amides is 2. The molecule has 0 aromatic rings. The summed E-state index contributed by atoms with van der Waals surface area (Å²) in [5.74, 6) is -0.183. The lowest BCUT2D eigenvalue weighted by Gasteiger charge is -2.20. The Morgan fingerprint density at radius 3 is 1.94 bits per heavy atom. The largest absolute Gasteiger partial charge is 0.355 e. The molecule has 0 spiro atoms. The van der Waals surface area contributed by atoms with Crippen LogP contribution >= 0.6 is 0 Å². The number of nitrogens with one attached hydrogen (secondary N) is 3. The van der Waals surface area contributed by atoms with Crippen molar-refractivity contribution in [1.82, 2.24) is 16.0 Å². The van der Waals surface area contributed by atoms with Crippen molar-refractivity contribution in [1.29, 1.82) is 0 Å². The third-order valence-electron chi connectivity index (χ3n) is 2.07. The topological polar surface area (TPSA) is 70.2 Å². The van der Waals surface area contributed by atoms with Gasteiger partial charge in [-0.1, -0.05) is 0 Å². The molecule has 0 bridgehead atoms. The quantitative estimate of drug-likeness (QED) is 0.601. The number of likely N-dealkylation sites (N-methyl/N-ethyl adjacent to an activating group) is 1. The second-order valence-corrected chi connectivity index (χ2v) is 4.17. The third-order valence-corrected chi connectivity index (χ3v) is 2.07. The molecule has 0 aromatic carbocycles. The van der Waals surface area contributed by atoms with Crippen LogP contribution in [0.2, 0.25) is 0 Å². The van der Waals surface area contributed by atoms with Gasteiger partial charge in [-0.15, -0.1) is 0 Å². The molecule has 0 saturated heterocycles. The first kappa shape index (κ1) is 14.9. The minimum Gasteiger partial charge on any atom is -0.355 e. The Hall–Kier alpha value is -1.10. The summed E-state index contributed by atoms with van der Waals surface area (Å²) in [5.41, 5.74) is 0. The third kappa shape index (κ3) is 5.70. The van der Waals surface area contributed by atoms with Gasteiger partial charge in [0.2, 0.25) is 11.8 Å². The Labute approximate surface area is 97.4 Å². The first-order valence-electron chi connectivity index (χ1n) is 5.72. The van der Waals surface area contributed by atoms with Gasteiger partial charge in [0.25, 0.3) is 0 Å². The molecule has 2 amide bonds. The molecule has 0 rings (SSSR count). The minimum absolute atomic E-state index is 0.0910. The molecule has 2 atom stereocenters. The summed E-state index contributed by atoms with van der Waals surface area (Å²) >= 11 is 0. The van der Waals surface area contributed by atoms with E-state index in [-0.39, 0.29) is 29.9 Å². The van der Waals surface area contributed by atoms with Crippen LogP contribution < -0.4 is 16.0 Å². The zero-order valence-corrected chi connectivity index (χ0v) is 10.8. The van der Waals surface area contributed by atoms with Crippen LogP contribution in [0.5, 0.6) is 0 Å². The van der Waals surface area contributed by atoms with Crippen LogP contribution in [0.3, 0.4) is 0 Å². The van der Waals surface area contributed by atoms with Gasteiger partial charge in [0, 0.05) is 12.6 Å². The molecule has 2 unspecified atom stereocenters. The predicted octanol–water partition coefficient (Wildman–Crippen LogP) is 0.0137. The van der Waals surface area contributed by atoms with Gasteiger partial charge >= 0.3 is 0 Å². The molecule has 0 aliphatic rings. The Kier molecular flexibility index (Phi) is 6.72. The van der Waals surface area contributed by atoms with E-state index in [2.05, 4.69) is 16.0 Å². The smallest absolute Gasteiger partial charge is 0.237 e. The van der Waals surface area contributed by atoms with Gasteiger partial charge in [-0.3, -0.25) is 14.9 Å². The van der Waals surface area contributed by atoms with Gasteiger partial charge in [0.1, 0.15) is 0 Å². The highest BCUT2D eigenvalue weighted by molar-refractivity contribution is 5.84. The van der Waals surface area contributed by atoms with E-state index in [0.717, 1.165) is 0 Å². The number of hydrogen-bond acceptors (Lipinski definition) is 3. The zero-order valence-electron chi connectivity index (χ0n) is 10.8. The highest BCUT2D eigenvalue weighted by Crippen LogP contribution is 1.90. The van der Waals surface area contributed by atoms with Crippen LogP contribution in [-0.4, -0.2) is 36.5 Å². The number of hydrogen-bond donors (Lipinski definition) is 3. The highest BCUT2D eigenvalue weighted by Gasteiger charge is 2.19. The van der Waals surface area contributed by atoms with Crippen molar-refractivity contribution in [3.63, 3.8) is 0 Å². The van der Waals surface area contributed by atoms with Crippen molar-refractivity contribution in [2.45, 2.75) is 52.7 Å². The Morgan fingerprint density at radius 2 is 1.50 bits per heavy atom. The van der Waals surface area contributed by atoms with Gasteiger partial charge in [-0.2, -0.15) is 0 Å². The average molecular weight is 229 g/mol. The van der Waals surface area contributed by atoms with Gasteiger partial charge in [-0.25, -0.2) is 0 Å². The molecule has 5 heteroatoms. The maximum absolute atomic E-state index is 11.6. The molecule has 0 fully saturated rings. The number of carbonyl (C=O) groups is 2. The summed E-state index contributed by atoms with van der Waals surface area (Å²) in [6.45, 7) is 9.74. The van der Waals surface area contributed by atoms with Crippen molar-refractivity contribution in [3.8, 4) is 0 Å². The van der Waals surface area contributed by atoms with Crippen LogP contribution in [0.1, 0.15) is 34.6 Å². The SMILES string of the molecule is CCNC(=O)C(C)NC(C)C(=O)NC(C)C. The van der Waals surface area contributed by atoms with Crippen molar-refractivity contribution >= 4 is 11.8 Å².